The molecule has 3 aromatic rings. The number of hydrogen-bond acceptors (Lipinski definition) is 3. The molecule has 18 heavy (non-hydrogen) atoms. The van der Waals surface area contributed by atoms with E-state index in [2.05, 4.69) is 13.3 Å². The Morgan fingerprint density at radius 1 is 1.11 bits per heavy atom. The molecule has 3 rings (SSSR count). The molecule has 5 heteroatoms. The van der Waals surface area contributed by atoms with E-state index < -0.39 is 0 Å². The number of anilines is 1. The van der Waals surface area contributed by atoms with Gasteiger partial charge in [-0.05, 0) is 0 Å². The topological polar surface area (TPSA) is 37.8 Å². The molecule has 2 aromatic carbocycles. The van der Waals surface area contributed by atoms with E-state index in [-0.39, 0.29) is 20.8 Å². The first-order valence-electron chi connectivity index (χ1n) is 5.52. The first-order valence-corrected chi connectivity index (χ1v) is 7.06. The van der Waals surface area contributed by atoms with Gasteiger partial charge >= 0.3 is 110 Å². The van der Waals surface area contributed by atoms with Crippen LogP contribution >= 0.6 is 0 Å². The van der Waals surface area contributed by atoms with Gasteiger partial charge in [0, 0.05) is 0 Å². The van der Waals surface area contributed by atoms with Crippen molar-refractivity contribution in [3.05, 3.63) is 53.8 Å². The van der Waals surface area contributed by atoms with E-state index >= 15 is 0 Å². The van der Waals surface area contributed by atoms with Crippen molar-refractivity contribution in [3.8, 4) is 0 Å². The molecule has 0 aliphatic rings. The van der Waals surface area contributed by atoms with Crippen LogP contribution in [0.25, 0.3) is 11.0 Å². The number of halogens is 1. The fraction of sp³-hybridized carbons (Fsp3) is 0.0769. The Hall–Kier alpha value is -1.71. The van der Waals surface area contributed by atoms with Crippen LogP contribution in [0, 0.1) is 5.82 Å². The normalized spacial score (nSPS) is 10.7. The van der Waals surface area contributed by atoms with Gasteiger partial charge in [-0.25, -0.2) is 0 Å². The maximum absolute atomic E-state index is 13.1. The summed E-state index contributed by atoms with van der Waals surface area (Å²) in [7, 11) is 0. The Balaban J connectivity index is 1.83. The van der Waals surface area contributed by atoms with Crippen molar-refractivity contribution >= 4 is 31.7 Å². The first kappa shape index (κ1) is 11.4. The molecule has 1 N–H and O–H groups in total. The number of aromatic nitrogens is 2. The first-order chi connectivity index (χ1) is 8.83. The average molecular weight is 306 g/mol. The van der Waals surface area contributed by atoms with Gasteiger partial charge in [0.2, 0.25) is 0 Å². The summed E-state index contributed by atoms with van der Waals surface area (Å²) in [5.74, 6) is -0.212. The van der Waals surface area contributed by atoms with Crippen LogP contribution in [0.1, 0.15) is 5.56 Å². The van der Waals surface area contributed by atoms with E-state index in [4.69, 9.17) is 0 Å². The SMILES string of the molecule is Fc1cccc(CNc2cccc3n[se]nc23)c1. The molecule has 0 saturated carbocycles. The molecule has 0 aliphatic carbocycles. The maximum atomic E-state index is 13.1. The molecule has 90 valence electrons. The van der Waals surface area contributed by atoms with Crippen LogP contribution < -0.4 is 5.32 Å². The Labute approximate surface area is 110 Å². The third-order valence-electron chi connectivity index (χ3n) is 2.66. The number of nitrogens with one attached hydrogen (secondary N) is 1. The molecule has 0 fully saturated rings. The molecule has 1 aromatic heterocycles. The summed E-state index contributed by atoms with van der Waals surface area (Å²) in [6.07, 6.45) is 0. The van der Waals surface area contributed by atoms with Crippen molar-refractivity contribution in [2.75, 3.05) is 5.32 Å². The van der Waals surface area contributed by atoms with Crippen molar-refractivity contribution in [1.82, 2.24) is 7.96 Å². The summed E-state index contributed by atoms with van der Waals surface area (Å²) in [5, 5.41) is 3.28. The molecule has 0 bridgehead atoms. The van der Waals surface area contributed by atoms with Gasteiger partial charge in [-0.3, -0.25) is 0 Å². The summed E-state index contributed by atoms with van der Waals surface area (Å²) in [5.41, 5.74) is 3.74. The van der Waals surface area contributed by atoms with E-state index in [1.54, 1.807) is 6.07 Å². The van der Waals surface area contributed by atoms with Crippen LogP contribution in [0.4, 0.5) is 10.1 Å². The molecule has 0 unspecified atom stereocenters. The molecule has 1 heterocycles. The summed E-state index contributed by atoms with van der Waals surface area (Å²) in [6, 6.07) is 12.5. The van der Waals surface area contributed by atoms with Gasteiger partial charge in [0.1, 0.15) is 0 Å². The molecule has 0 aliphatic heterocycles. The third-order valence-corrected chi connectivity index (χ3v) is 3.80. The van der Waals surface area contributed by atoms with Crippen molar-refractivity contribution in [2.24, 2.45) is 0 Å². The van der Waals surface area contributed by atoms with E-state index in [0.717, 1.165) is 22.3 Å². The van der Waals surface area contributed by atoms with Crippen molar-refractivity contribution in [3.63, 3.8) is 0 Å². The molecular formula is C13H10FN3Se. The molecule has 0 saturated heterocycles. The van der Waals surface area contributed by atoms with Crippen LogP contribution in [0.3, 0.4) is 0 Å². The van der Waals surface area contributed by atoms with Crippen molar-refractivity contribution < 1.29 is 4.39 Å². The molecule has 0 radical (unpaired) electrons. The van der Waals surface area contributed by atoms with E-state index in [9.17, 15) is 4.39 Å². The molecule has 0 spiro atoms. The minimum atomic E-state index is -0.212. The van der Waals surface area contributed by atoms with E-state index in [1.165, 1.54) is 12.1 Å². The zero-order valence-electron chi connectivity index (χ0n) is 9.43. The monoisotopic (exact) mass is 307 g/mol. The van der Waals surface area contributed by atoms with Crippen molar-refractivity contribution in [2.45, 2.75) is 6.54 Å². The second-order valence-corrected chi connectivity index (χ2v) is 5.03. The molecular weight excluding hydrogens is 296 g/mol. The second-order valence-electron chi connectivity index (χ2n) is 3.92. The minimum absolute atomic E-state index is 0.0288. The van der Waals surface area contributed by atoms with Crippen LogP contribution in [0.2, 0.25) is 0 Å². The van der Waals surface area contributed by atoms with Gasteiger partial charge in [0.15, 0.2) is 0 Å². The Morgan fingerprint density at radius 3 is 2.89 bits per heavy atom. The summed E-state index contributed by atoms with van der Waals surface area (Å²) < 4.78 is 21.8. The van der Waals surface area contributed by atoms with Gasteiger partial charge in [0.05, 0.1) is 0 Å². The zero-order chi connectivity index (χ0) is 12.4. The summed E-state index contributed by atoms with van der Waals surface area (Å²) in [6.45, 7) is 0.580. The predicted octanol–water partition coefficient (Wildman–Crippen LogP) is 2.44. The van der Waals surface area contributed by atoms with Crippen LogP contribution in [0.5, 0.6) is 0 Å². The fourth-order valence-corrected chi connectivity index (χ4v) is 2.95. The Morgan fingerprint density at radius 2 is 2.00 bits per heavy atom. The number of hydrogen-bond donors (Lipinski definition) is 1. The van der Waals surface area contributed by atoms with E-state index in [1.807, 2.05) is 24.3 Å². The van der Waals surface area contributed by atoms with Crippen LogP contribution in [0.15, 0.2) is 42.5 Å². The fourth-order valence-electron chi connectivity index (χ4n) is 1.79. The van der Waals surface area contributed by atoms with Gasteiger partial charge in [-0.2, -0.15) is 0 Å². The Kier molecular flexibility index (Phi) is 3.09. The second kappa shape index (κ2) is 4.88. The van der Waals surface area contributed by atoms with Gasteiger partial charge in [-0.1, -0.05) is 0 Å². The quantitative estimate of drug-likeness (QED) is 0.755. The van der Waals surface area contributed by atoms with Gasteiger partial charge in [-0.15, -0.1) is 0 Å². The van der Waals surface area contributed by atoms with Crippen LogP contribution in [-0.2, 0) is 6.54 Å². The zero-order valence-corrected chi connectivity index (χ0v) is 11.1. The third kappa shape index (κ3) is 2.28. The number of benzene rings is 2. The number of rotatable bonds is 3. The summed E-state index contributed by atoms with van der Waals surface area (Å²) in [4.78, 5) is 0. The average Bonchev–Trinajstić information content (AvgIpc) is 2.85. The number of nitrogens with zero attached hydrogens (tertiary/aromatic N) is 2. The predicted molar refractivity (Wildman–Crippen MR) is 70.2 cm³/mol. The van der Waals surface area contributed by atoms with Crippen LogP contribution in [-0.4, -0.2) is 22.9 Å². The molecule has 0 amide bonds. The molecule has 0 atom stereocenters. The van der Waals surface area contributed by atoms with Gasteiger partial charge < -0.3 is 0 Å². The molecule has 3 nitrogen and oxygen atoms in total. The van der Waals surface area contributed by atoms with Gasteiger partial charge in [0.25, 0.3) is 0 Å². The number of fused-ring (bicyclic) bond motifs is 1. The summed E-state index contributed by atoms with van der Waals surface area (Å²) >= 11 is -0.0288. The van der Waals surface area contributed by atoms with Crippen molar-refractivity contribution in [1.29, 1.82) is 0 Å². The Bertz CT molecular complexity index is 681. The standard InChI is InChI=1S/C13H10FN3Se/c14-10-4-1-3-9(7-10)8-15-11-5-2-6-12-13(11)17-18-16-12/h1-7,15H,8H2. The van der Waals surface area contributed by atoms with E-state index in [0.29, 0.717) is 6.54 Å².